The van der Waals surface area contributed by atoms with Crippen molar-refractivity contribution < 1.29 is 14.3 Å². The fourth-order valence-corrected chi connectivity index (χ4v) is 6.56. The van der Waals surface area contributed by atoms with E-state index in [4.69, 9.17) is 27.9 Å². The molecule has 2 fully saturated rings. The standard InChI is InChI=1S/C33H37Cl2N3O3/c1-25(39)36-32(27-11-6-3-7-12-27)16-19-37(20-17-32)18-8-15-33(28-13-14-29(34)30(35)21-28)24-38(31(40)23-41-33)22-26-9-4-2-5-10-26/h2-7,9-14,21H,8,15-20,22-24H2,1H3,(H,36,39). The normalized spacial score (nSPS) is 21.0. The summed E-state index contributed by atoms with van der Waals surface area (Å²) in [7, 11) is 0. The highest BCUT2D eigenvalue weighted by molar-refractivity contribution is 6.42. The molecule has 0 spiro atoms. The van der Waals surface area contributed by atoms with E-state index in [1.165, 1.54) is 0 Å². The van der Waals surface area contributed by atoms with Crippen LogP contribution in [0.15, 0.2) is 78.9 Å². The molecule has 8 heteroatoms. The van der Waals surface area contributed by atoms with E-state index in [1.807, 2.05) is 65.6 Å². The number of piperidine rings is 1. The van der Waals surface area contributed by atoms with Gasteiger partial charge in [-0.2, -0.15) is 0 Å². The number of nitrogens with one attached hydrogen (secondary N) is 1. The van der Waals surface area contributed by atoms with Gasteiger partial charge >= 0.3 is 0 Å². The van der Waals surface area contributed by atoms with Gasteiger partial charge in [0.2, 0.25) is 11.8 Å². The molecule has 2 amide bonds. The van der Waals surface area contributed by atoms with E-state index >= 15 is 0 Å². The molecule has 0 radical (unpaired) electrons. The van der Waals surface area contributed by atoms with Crippen molar-refractivity contribution in [1.29, 1.82) is 0 Å². The number of hydrogen-bond donors (Lipinski definition) is 1. The van der Waals surface area contributed by atoms with Crippen LogP contribution in [0, 0.1) is 0 Å². The highest BCUT2D eigenvalue weighted by Gasteiger charge is 2.42. The van der Waals surface area contributed by atoms with Crippen LogP contribution >= 0.6 is 23.2 Å². The number of benzene rings is 3. The first kappa shape index (κ1) is 29.6. The molecule has 2 aliphatic heterocycles. The predicted molar refractivity (Wildman–Crippen MR) is 163 cm³/mol. The first-order valence-corrected chi connectivity index (χ1v) is 15.0. The van der Waals surface area contributed by atoms with Gasteiger partial charge in [0, 0.05) is 26.6 Å². The molecule has 0 bridgehead atoms. The minimum absolute atomic E-state index is 0.00470. The van der Waals surface area contributed by atoms with Gasteiger partial charge in [0.05, 0.1) is 22.1 Å². The van der Waals surface area contributed by atoms with Gasteiger partial charge < -0.3 is 19.9 Å². The second kappa shape index (κ2) is 13.0. The highest BCUT2D eigenvalue weighted by Crippen LogP contribution is 2.39. The highest BCUT2D eigenvalue weighted by atomic mass is 35.5. The maximum atomic E-state index is 12.9. The van der Waals surface area contributed by atoms with Gasteiger partial charge in [-0.3, -0.25) is 9.59 Å². The smallest absolute Gasteiger partial charge is 0.249 e. The van der Waals surface area contributed by atoms with Gasteiger partial charge in [-0.1, -0.05) is 89.9 Å². The number of morpholine rings is 1. The molecule has 1 unspecified atom stereocenters. The molecule has 6 nitrogen and oxygen atoms in total. The van der Waals surface area contributed by atoms with Crippen molar-refractivity contribution in [1.82, 2.24) is 15.1 Å². The zero-order chi connectivity index (χ0) is 28.9. The summed E-state index contributed by atoms with van der Waals surface area (Å²) in [6.07, 6.45) is 3.32. The van der Waals surface area contributed by atoms with Crippen molar-refractivity contribution in [2.75, 3.05) is 32.8 Å². The minimum Gasteiger partial charge on any atom is -0.359 e. The second-order valence-corrected chi connectivity index (χ2v) is 12.0. The van der Waals surface area contributed by atoms with E-state index in [9.17, 15) is 9.59 Å². The number of carbonyl (C=O) groups excluding carboxylic acids is 2. The summed E-state index contributed by atoms with van der Waals surface area (Å²) in [5.41, 5.74) is 2.16. The summed E-state index contributed by atoms with van der Waals surface area (Å²) in [4.78, 5) is 29.4. The zero-order valence-corrected chi connectivity index (χ0v) is 25.0. The Hall–Kier alpha value is -2.90. The lowest BCUT2D eigenvalue weighted by Gasteiger charge is -2.44. The molecular weight excluding hydrogens is 557 g/mol. The average molecular weight is 595 g/mol. The Morgan fingerprint density at radius 1 is 0.927 bits per heavy atom. The third-order valence-electron chi connectivity index (χ3n) is 8.44. The number of nitrogens with zero attached hydrogens (tertiary/aromatic N) is 2. The molecule has 1 atom stereocenters. The first-order chi connectivity index (χ1) is 19.8. The van der Waals surface area contributed by atoms with Crippen LogP contribution in [0.4, 0.5) is 0 Å². The number of rotatable bonds is 9. The first-order valence-electron chi connectivity index (χ1n) is 14.3. The second-order valence-electron chi connectivity index (χ2n) is 11.2. The summed E-state index contributed by atoms with van der Waals surface area (Å²) >= 11 is 12.7. The van der Waals surface area contributed by atoms with Gasteiger partial charge in [0.1, 0.15) is 12.2 Å². The van der Waals surface area contributed by atoms with Crippen molar-refractivity contribution in [3.8, 4) is 0 Å². The van der Waals surface area contributed by atoms with E-state index in [2.05, 4.69) is 22.3 Å². The maximum absolute atomic E-state index is 12.9. The Labute approximate surface area is 252 Å². The number of amides is 2. The molecule has 3 aromatic rings. The van der Waals surface area contributed by atoms with Crippen molar-refractivity contribution in [2.45, 2.75) is 50.3 Å². The van der Waals surface area contributed by atoms with Gasteiger partial charge in [-0.25, -0.2) is 0 Å². The monoisotopic (exact) mass is 593 g/mol. The fourth-order valence-electron chi connectivity index (χ4n) is 6.26. The topological polar surface area (TPSA) is 61.9 Å². The summed E-state index contributed by atoms with van der Waals surface area (Å²) in [6, 6.07) is 26.0. The maximum Gasteiger partial charge on any atom is 0.249 e. The summed E-state index contributed by atoms with van der Waals surface area (Å²) < 4.78 is 6.39. The number of hydrogen-bond acceptors (Lipinski definition) is 4. The molecule has 0 aromatic heterocycles. The van der Waals surface area contributed by atoms with Crippen LogP contribution in [0.3, 0.4) is 0 Å². The third kappa shape index (κ3) is 6.95. The van der Waals surface area contributed by atoms with E-state index in [-0.39, 0.29) is 24.0 Å². The van der Waals surface area contributed by atoms with Gasteiger partial charge in [-0.15, -0.1) is 0 Å². The van der Waals surface area contributed by atoms with Crippen molar-refractivity contribution in [3.05, 3.63) is 106 Å². The van der Waals surface area contributed by atoms with E-state index in [0.717, 1.165) is 62.0 Å². The van der Waals surface area contributed by atoms with Crippen LogP contribution in [0.5, 0.6) is 0 Å². The van der Waals surface area contributed by atoms with Crippen molar-refractivity contribution in [2.24, 2.45) is 0 Å². The molecule has 1 N–H and O–H groups in total. The number of likely N-dealkylation sites (tertiary alicyclic amines) is 1. The van der Waals surface area contributed by atoms with Crippen LogP contribution < -0.4 is 5.32 Å². The van der Waals surface area contributed by atoms with Gasteiger partial charge in [-0.05, 0) is 61.1 Å². The van der Waals surface area contributed by atoms with Crippen LogP contribution in [-0.4, -0.2) is 54.4 Å². The number of ether oxygens (including phenoxy) is 1. The molecule has 41 heavy (non-hydrogen) atoms. The van der Waals surface area contributed by atoms with Crippen LogP contribution in [0.25, 0.3) is 0 Å². The Bertz CT molecular complexity index is 1350. The lowest BCUT2D eigenvalue weighted by atomic mass is 9.80. The van der Waals surface area contributed by atoms with Crippen LogP contribution in [0.2, 0.25) is 10.0 Å². The minimum atomic E-state index is -0.684. The van der Waals surface area contributed by atoms with E-state index in [1.54, 1.807) is 13.0 Å². The molecule has 2 saturated heterocycles. The fraction of sp³-hybridized carbons (Fsp3) is 0.394. The molecule has 2 aliphatic rings. The number of halogens is 2. The summed E-state index contributed by atoms with van der Waals surface area (Å²) in [6.45, 7) is 5.25. The molecule has 216 valence electrons. The van der Waals surface area contributed by atoms with Crippen LogP contribution in [-0.2, 0) is 32.0 Å². The van der Waals surface area contributed by atoms with Crippen molar-refractivity contribution >= 4 is 35.0 Å². The zero-order valence-electron chi connectivity index (χ0n) is 23.5. The van der Waals surface area contributed by atoms with E-state index < -0.39 is 5.60 Å². The van der Waals surface area contributed by atoms with Crippen LogP contribution in [0.1, 0.15) is 49.3 Å². The third-order valence-corrected chi connectivity index (χ3v) is 9.18. The largest absolute Gasteiger partial charge is 0.359 e. The molecule has 0 aliphatic carbocycles. The number of carbonyl (C=O) groups is 2. The molecule has 5 rings (SSSR count). The predicted octanol–water partition coefficient (Wildman–Crippen LogP) is 6.16. The summed E-state index contributed by atoms with van der Waals surface area (Å²) in [5.74, 6) is -0.0225. The Morgan fingerprint density at radius 2 is 1.61 bits per heavy atom. The van der Waals surface area contributed by atoms with Gasteiger partial charge in [0.25, 0.3) is 0 Å². The van der Waals surface area contributed by atoms with Gasteiger partial charge in [0.15, 0.2) is 0 Å². The Balaban J connectivity index is 1.28. The average Bonchev–Trinajstić information content (AvgIpc) is 2.98. The quantitative estimate of drug-likeness (QED) is 0.323. The summed E-state index contributed by atoms with van der Waals surface area (Å²) in [5, 5.41) is 4.23. The SMILES string of the molecule is CC(=O)NC1(c2ccccc2)CCN(CCCC2(c3ccc(Cl)c(Cl)c3)CN(Cc3ccccc3)C(=O)CO2)CC1. The molecule has 0 saturated carbocycles. The molecular formula is C33H37Cl2N3O3. The molecule has 3 aromatic carbocycles. The Morgan fingerprint density at radius 3 is 2.27 bits per heavy atom. The molecule has 2 heterocycles. The Kier molecular flexibility index (Phi) is 9.35. The lowest BCUT2D eigenvalue weighted by Crippen LogP contribution is -2.53. The van der Waals surface area contributed by atoms with Crippen molar-refractivity contribution in [3.63, 3.8) is 0 Å². The van der Waals surface area contributed by atoms with E-state index in [0.29, 0.717) is 23.1 Å². The lowest BCUT2D eigenvalue weighted by molar-refractivity contribution is -0.168.